The van der Waals surface area contributed by atoms with Crippen molar-refractivity contribution in [3.05, 3.63) is 40.6 Å². The van der Waals surface area contributed by atoms with Gasteiger partial charge in [0.05, 0.1) is 23.8 Å². The lowest BCUT2D eigenvalue weighted by Crippen LogP contribution is -2.41. The van der Waals surface area contributed by atoms with Crippen LogP contribution in [0.3, 0.4) is 0 Å². The third-order valence-electron chi connectivity index (χ3n) is 3.84. The minimum Gasteiger partial charge on any atom is -0.379 e. The van der Waals surface area contributed by atoms with Gasteiger partial charge in [0.15, 0.2) is 0 Å². The highest BCUT2D eigenvalue weighted by atomic mass is 35.5. The van der Waals surface area contributed by atoms with Crippen LogP contribution in [0.2, 0.25) is 5.02 Å². The van der Waals surface area contributed by atoms with Crippen LogP contribution in [-0.4, -0.2) is 50.2 Å². The Balaban J connectivity index is 1.93. The topological polar surface area (TPSA) is 77.4 Å². The van der Waals surface area contributed by atoms with E-state index in [-0.39, 0.29) is 11.3 Å². The molecule has 2 N–H and O–H groups in total. The van der Waals surface area contributed by atoms with Crippen LogP contribution in [0.15, 0.2) is 30.0 Å². The summed E-state index contributed by atoms with van der Waals surface area (Å²) in [7, 11) is 0. The van der Waals surface area contributed by atoms with Crippen LogP contribution < -0.4 is 10.6 Å². The highest BCUT2D eigenvalue weighted by molar-refractivity contribution is 6.31. The summed E-state index contributed by atoms with van der Waals surface area (Å²) in [6.45, 7) is 3.79. The Morgan fingerprint density at radius 2 is 2.07 bits per heavy atom. The minimum absolute atomic E-state index is 0.0561. The summed E-state index contributed by atoms with van der Waals surface area (Å²) < 4.78 is 43.8. The second-order valence-corrected chi connectivity index (χ2v) is 6.12. The molecule has 1 saturated heterocycles. The van der Waals surface area contributed by atoms with Gasteiger partial charge in [0.25, 0.3) is 5.91 Å². The summed E-state index contributed by atoms with van der Waals surface area (Å²) in [5, 5.41) is 13.8. The maximum absolute atomic E-state index is 12.9. The summed E-state index contributed by atoms with van der Waals surface area (Å²) >= 11 is 5.55. The predicted molar refractivity (Wildman–Crippen MR) is 94.0 cm³/mol. The number of hydrogen-bond acceptors (Lipinski definition) is 5. The molecular weight excluding hydrogens is 385 g/mol. The smallest absolute Gasteiger partial charge is 0.379 e. The van der Waals surface area contributed by atoms with Crippen molar-refractivity contribution in [1.29, 1.82) is 5.26 Å². The number of hydrogen-bond donors (Lipinski definition) is 2. The highest BCUT2D eigenvalue weighted by Crippen LogP contribution is 2.36. The summed E-state index contributed by atoms with van der Waals surface area (Å²) in [5.74, 6) is -0.608. The van der Waals surface area contributed by atoms with Crippen LogP contribution in [0.25, 0.3) is 0 Å². The fourth-order valence-corrected chi connectivity index (χ4v) is 2.61. The van der Waals surface area contributed by atoms with Crippen molar-refractivity contribution in [2.45, 2.75) is 6.18 Å². The SMILES string of the molecule is N#C/C(=C/Nc1ccc(Cl)c(C(F)(F)F)c1)C(=O)NCCN1CCOCC1. The van der Waals surface area contributed by atoms with E-state index in [0.717, 1.165) is 31.4 Å². The van der Waals surface area contributed by atoms with Crippen molar-refractivity contribution in [1.82, 2.24) is 10.2 Å². The van der Waals surface area contributed by atoms with Crippen molar-refractivity contribution in [3.8, 4) is 6.07 Å². The lowest BCUT2D eigenvalue weighted by molar-refractivity contribution is -0.137. The van der Waals surface area contributed by atoms with Crippen molar-refractivity contribution in [2.75, 3.05) is 44.7 Å². The first kappa shape index (κ1) is 21.0. The second kappa shape index (κ2) is 9.60. The molecule has 1 aliphatic heterocycles. The fraction of sp³-hybridized carbons (Fsp3) is 0.412. The van der Waals surface area contributed by atoms with Gasteiger partial charge in [-0.25, -0.2) is 0 Å². The van der Waals surface area contributed by atoms with E-state index in [2.05, 4.69) is 15.5 Å². The molecule has 146 valence electrons. The third kappa shape index (κ3) is 6.43. The zero-order valence-electron chi connectivity index (χ0n) is 14.3. The van der Waals surface area contributed by atoms with Crippen molar-refractivity contribution in [2.24, 2.45) is 0 Å². The maximum Gasteiger partial charge on any atom is 0.417 e. The number of nitriles is 1. The Kier molecular flexibility index (Phi) is 7.47. The van der Waals surface area contributed by atoms with Crippen molar-refractivity contribution >= 4 is 23.2 Å². The molecule has 6 nitrogen and oxygen atoms in total. The van der Waals surface area contributed by atoms with Gasteiger partial charge in [-0.05, 0) is 18.2 Å². The number of nitrogens with zero attached hydrogens (tertiary/aromatic N) is 2. The van der Waals surface area contributed by atoms with Crippen LogP contribution in [0.5, 0.6) is 0 Å². The lowest BCUT2D eigenvalue weighted by Gasteiger charge is -2.26. The molecule has 1 fully saturated rings. The number of ether oxygens (including phenoxy) is 1. The van der Waals surface area contributed by atoms with E-state index in [4.69, 9.17) is 21.6 Å². The second-order valence-electron chi connectivity index (χ2n) is 5.72. The molecule has 0 aromatic heterocycles. The van der Waals surface area contributed by atoms with Crippen LogP contribution in [0.1, 0.15) is 5.56 Å². The van der Waals surface area contributed by atoms with E-state index in [0.29, 0.717) is 26.3 Å². The highest BCUT2D eigenvalue weighted by Gasteiger charge is 2.33. The number of morpholine rings is 1. The quantitative estimate of drug-likeness (QED) is 0.565. The lowest BCUT2D eigenvalue weighted by atomic mass is 10.2. The number of halogens is 4. The van der Waals surface area contributed by atoms with Gasteiger partial charge >= 0.3 is 6.18 Å². The molecule has 0 radical (unpaired) electrons. The van der Waals surface area contributed by atoms with Gasteiger partial charge in [-0.1, -0.05) is 11.6 Å². The van der Waals surface area contributed by atoms with Crippen LogP contribution >= 0.6 is 11.6 Å². The molecule has 1 aromatic carbocycles. The number of anilines is 1. The van der Waals surface area contributed by atoms with E-state index >= 15 is 0 Å². The molecular formula is C17H18ClF3N4O2. The summed E-state index contributed by atoms with van der Waals surface area (Å²) in [5.41, 5.74) is -1.20. The number of carbonyl (C=O) groups excluding carboxylic acids is 1. The van der Waals surface area contributed by atoms with Gasteiger partial charge in [-0.2, -0.15) is 18.4 Å². The molecule has 0 atom stereocenters. The fourth-order valence-electron chi connectivity index (χ4n) is 2.38. The molecule has 27 heavy (non-hydrogen) atoms. The number of nitrogens with one attached hydrogen (secondary N) is 2. The molecule has 0 unspecified atom stereocenters. The zero-order chi connectivity index (χ0) is 19.9. The van der Waals surface area contributed by atoms with Crippen molar-refractivity contribution < 1.29 is 22.7 Å². The third-order valence-corrected chi connectivity index (χ3v) is 4.17. The molecule has 1 aliphatic rings. The van der Waals surface area contributed by atoms with Crippen LogP contribution in [0, 0.1) is 11.3 Å². The predicted octanol–water partition coefficient (Wildman–Crippen LogP) is 2.63. The average molecular weight is 403 g/mol. The standard InChI is InChI=1S/C17H18ClF3N4O2/c18-15-2-1-13(9-14(15)17(19,20)21)24-11-12(10-22)16(26)23-3-4-25-5-7-27-8-6-25/h1-2,9,11,24H,3-8H2,(H,23,26)/b12-11-. The van der Waals surface area contributed by atoms with E-state index in [1.165, 1.54) is 6.07 Å². The van der Waals surface area contributed by atoms with Gasteiger partial charge in [-0.15, -0.1) is 0 Å². The Morgan fingerprint density at radius 1 is 1.37 bits per heavy atom. The zero-order valence-corrected chi connectivity index (χ0v) is 15.0. The van der Waals surface area contributed by atoms with Crippen LogP contribution in [-0.2, 0) is 15.7 Å². The summed E-state index contributed by atoms with van der Waals surface area (Å²) in [6.07, 6.45) is -3.54. The number of carbonyl (C=O) groups is 1. The number of benzene rings is 1. The molecule has 1 heterocycles. The Morgan fingerprint density at radius 3 is 2.70 bits per heavy atom. The molecule has 1 amide bonds. The Labute approximate surface area is 159 Å². The van der Waals surface area contributed by atoms with E-state index < -0.39 is 22.7 Å². The number of rotatable bonds is 6. The average Bonchev–Trinajstić information content (AvgIpc) is 2.63. The van der Waals surface area contributed by atoms with E-state index in [1.807, 2.05) is 0 Å². The molecule has 0 saturated carbocycles. The summed E-state index contributed by atoms with van der Waals surface area (Å²) in [4.78, 5) is 14.1. The largest absolute Gasteiger partial charge is 0.417 e. The Hall–Kier alpha value is -2.28. The van der Waals surface area contributed by atoms with Gasteiger partial charge < -0.3 is 15.4 Å². The summed E-state index contributed by atoms with van der Waals surface area (Å²) in [6, 6.07) is 4.94. The molecule has 1 aromatic rings. The van der Waals surface area contributed by atoms with Gasteiger partial charge in [0.1, 0.15) is 11.6 Å². The van der Waals surface area contributed by atoms with E-state index in [1.54, 1.807) is 6.07 Å². The number of amides is 1. The Bertz CT molecular complexity index is 741. The van der Waals surface area contributed by atoms with Gasteiger partial charge in [0.2, 0.25) is 0 Å². The van der Waals surface area contributed by atoms with Gasteiger partial charge in [0, 0.05) is 38.1 Å². The van der Waals surface area contributed by atoms with Gasteiger partial charge in [-0.3, -0.25) is 9.69 Å². The first-order valence-electron chi connectivity index (χ1n) is 8.13. The van der Waals surface area contributed by atoms with Crippen LogP contribution in [0.4, 0.5) is 18.9 Å². The molecule has 0 spiro atoms. The monoisotopic (exact) mass is 402 g/mol. The molecule has 0 aliphatic carbocycles. The number of alkyl halides is 3. The first-order valence-corrected chi connectivity index (χ1v) is 8.51. The van der Waals surface area contributed by atoms with E-state index in [9.17, 15) is 18.0 Å². The molecule has 10 heteroatoms. The minimum atomic E-state index is -4.60. The first-order chi connectivity index (χ1) is 12.8. The molecule has 2 rings (SSSR count). The molecule has 0 bridgehead atoms. The van der Waals surface area contributed by atoms with Crippen molar-refractivity contribution in [3.63, 3.8) is 0 Å². The normalized spacial score (nSPS) is 15.9. The maximum atomic E-state index is 12.9.